The molecule has 27 heavy (non-hydrogen) atoms. The average molecular weight is 374 g/mol. The van der Waals surface area contributed by atoms with Gasteiger partial charge in [-0.1, -0.05) is 0 Å². The van der Waals surface area contributed by atoms with Crippen molar-refractivity contribution < 1.29 is 29.0 Å². The fourth-order valence-electron chi connectivity index (χ4n) is 4.44. The van der Waals surface area contributed by atoms with Crippen molar-refractivity contribution in [2.75, 3.05) is 33.4 Å². The van der Waals surface area contributed by atoms with Gasteiger partial charge in [0.15, 0.2) is 11.5 Å². The van der Waals surface area contributed by atoms with E-state index in [4.69, 9.17) is 9.47 Å². The molecule has 0 aromatic heterocycles. The lowest BCUT2D eigenvalue weighted by molar-refractivity contribution is -0.145. The normalized spacial score (nSPS) is 23.6. The Hall–Kier alpha value is -2.77. The number of carbonyl (C=O) groups excluding carboxylic acids is 2. The topological polar surface area (TPSA) is 96.4 Å². The lowest BCUT2D eigenvalue weighted by atomic mass is 9.77. The second-order valence-electron chi connectivity index (χ2n) is 7.30. The molecule has 3 aliphatic heterocycles. The van der Waals surface area contributed by atoms with Gasteiger partial charge >= 0.3 is 5.97 Å². The summed E-state index contributed by atoms with van der Waals surface area (Å²) in [5.41, 5.74) is -0.187. The van der Waals surface area contributed by atoms with Gasteiger partial charge in [-0.15, -0.1) is 0 Å². The number of carboxylic acids is 1. The molecule has 2 saturated heterocycles. The summed E-state index contributed by atoms with van der Waals surface area (Å²) in [5.74, 6) is -0.742. The molecule has 4 rings (SSSR count). The molecule has 2 amide bonds. The van der Waals surface area contributed by atoms with Crippen molar-refractivity contribution in [2.45, 2.75) is 24.8 Å². The first kappa shape index (κ1) is 17.6. The molecule has 1 atom stereocenters. The second-order valence-corrected chi connectivity index (χ2v) is 7.30. The summed E-state index contributed by atoms with van der Waals surface area (Å²) in [6.45, 7) is 1.77. The molecule has 144 valence electrons. The fourth-order valence-corrected chi connectivity index (χ4v) is 4.44. The van der Waals surface area contributed by atoms with E-state index in [0.29, 0.717) is 56.2 Å². The molecule has 1 spiro atoms. The Morgan fingerprint density at radius 3 is 2.48 bits per heavy atom. The highest BCUT2D eigenvalue weighted by molar-refractivity contribution is 5.95. The van der Waals surface area contributed by atoms with E-state index in [0.717, 1.165) is 0 Å². The Kier molecular flexibility index (Phi) is 4.20. The highest BCUT2D eigenvalue weighted by atomic mass is 16.6. The zero-order chi connectivity index (χ0) is 19.2. The SMILES string of the molecule is CN1C(=O)C[C@@H](C(=O)O)C12CCN(C(=O)c1ccc3c(c1)OCCO3)CC2. The second kappa shape index (κ2) is 6.44. The minimum atomic E-state index is -0.945. The van der Waals surface area contributed by atoms with Gasteiger partial charge in [-0.3, -0.25) is 14.4 Å². The van der Waals surface area contributed by atoms with Crippen LogP contribution in [0.5, 0.6) is 11.5 Å². The van der Waals surface area contributed by atoms with Gasteiger partial charge in [-0.25, -0.2) is 0 Å². The van der Waals surface area contributed by atoms with Crippen molar-refractivity contribution in [1.82, 2.24) is 9.80 Å². The Labute approximate surface area is 156 Å². The largest absolute Gasteiger partial charge is 0.486 e. The van der Waals surface area contributed by atoms with Gasteiger partial charge in [0, 0.05) is 32.1 Å². The van der Waals surface area contributed by atoms with Crippen LogP contribution in [0.25, 0.3) is 0 Å². The molecule has 0 unspecified atom stereocenters. The van der Waals surface area contributed by atoms with Crippen LogP contribution in [0.15, 0.2) is 18.2 Å². The number of carbonyl (C=O) groups is 3. The number of fused-ring (bicyclic) bond motifs is 1. The number of hydrogen-bond acceptors (Lipinski definition) is 5. The van der Waals surface area contributed by atoms with Crippen LogP contribution in [0.1, 0.15) is 29.6 Å². The number of benzene rings is 1. The summed E-state index contributed by atoms with van der Waals surface area (Å²) in [6.07, 6.45) is 0.951. The van der Waals surface area contributed by atoms with E-state index in [2.05, 4.69) is 0 Å². The van der Waals surface area contributed by atoms with E-state index in [-0.39, 0.29) is 18.2 Å². The summed E-state index contributed by atoms with van der Waals surface area (Å²) in [7, 11) is 1.67. The van der Waals surface area contributed by atoms with E-state index < -0.39 is 17.4 Å². The minimum absolute atomic E-state index is 0.0297. The first-order chi connectivity index (χ1) is 12.9. The van der Waals surface area contributed by atoms with Crippen LogP contribution in [0.3, 0.4) is 0 Å². The van der Waals surface area contributed by atoms with E-state index >= 15 is 0 Å². The predicted molar refractivity (Wildman–Crippen MR) is 93.8 cm³/mol. The molecule has 0 saturated carbocycles. The van der Waals surface area contributed by atoms with Crippen LogP contribution in [-0.2, 0) is 9.59 Å². The fraction of sp³-hybridized carbons (Fsp3) is 0.526. The number of nitrogens with zero attached hydrogens (tertiary/aromatic N) is 2. The van der Waals surface area contributed by atoms with Crippen LogP contribution >= 0.6 is 0 Å². The average Bonchev–Trinajstić information content (AvgIpc) is 2.93. The molecule has 1 aromatic rings. The molecule has 1 N–H and O–H groups in total. The maximum Gasteiger partial charge on any atom is 0.309 e. The van der Waals surface area contributed by atoms with Gasteiger partial charge in [-0.05, 0) is 31.0 Å². The third-order valence-corrected chi connectivity index (χ3v) is 6.07. The van der Waals surface area contributed by atoms with Crippen LogP contribution in [-0.4, -0.2) is 71.6 Å². The zero-order valence-corrected chi connectivity index (χ0v) is 15.1. The standard InChI is InChI=1S/C19H22N2O6/c1-20-16(22)11-13(18(24)25)19(20)4-6-21(7-5-19)17(23)12-2-3-14-15(10-12)27-9-8-26-14/h2-3,10,13H,4-9,11H2,1H3,(H,24,25)/t13-/m0/s1. The molecule has 2 fully saturated rings. The van der Waals surface area contributed by atoms with Crippen molar-refractivity contribution in [1.29, 1.82) is 0 Å². The highest BCUT2D eigenvalue weighted by Crippen LogP contribution is 2.43. The van der Waals surface area contributed by atoms with E-state index in [1.807, 2.05) is 0 Å². The van der Waals surface area contributed by atoms with Crippen LogP contribution in [0, 0.1) is 5.92 Å². The van der Waals surface area contributed by atoms with Gasteiger partial charge in [0.25, 0.3) is 5.91 Å². The summed E-state index contributed by atoms with van der Waals surface area (Å²) in [6, 6.07) is 5.13. The third-order valence-electron chi connectivity index (χ3n) is 6.07. The molecule has 0 aliphatic carbocycles. The predicted octanol–water partition coefficient (Wildman–Crippen LogP) is 0.995. The first-order valence-corrected chi connectivity index (χ1v) is 9.11. The number of hydrogen-bond donors (Lipinski definition) is 1. The quantitative estimate of drug-likeness (QED) is 0.830. The number of aliphatic carboxylic acids is 1. The zero-order valence-electron chi connectivity index (χ0n) is 15.1. The van der Waals surface area contributed by atoms with Crippen LogP contribution in [0.4, 0.5) is 0 Å². The van der Waals surface area contributed by atoms with Gasteiger partial charge in [0.2, 0.25) is 5.91 Å². The molecule has 8 heteroatoms. The summed E-state index contributed by atoms with van der Waals surface area (Å²) in [4.78, 5) is 39.9. The number of amides is 2. The van der Waals surface area contributed by atoms with Gasteiger partial charge in [-0.2, -0.15) is 0 Å². The summed E-state index contributed by atoms with van der Waals surface area (Å²) in [5, 5.41) is 9.55. The number of rotatable bonds is 2. The minimum Gasteiger partial charge on any atom is -0.486 e. The molecule has 8 nitrogen and oxygen atoms in total. The maximum atomic E-state index is 12.9. The Morgan fingerprint density at radius 2 is 1.81 bits per heavy atom. The highest BCUT2D eigenvalue weighted by Gasteiger charge is 2.55. The number of piperidine rings is 1. The molecule has 3 heterocycles. The van der Waals surface area contributed by atoms with Crippen molar-refractivity contribution in [3.63, 3.8) is 0 Å². The smallest absolute Gasteiger partial charge is 0.309 e. The van der Waals surface area contributed by atoms with Crippen molar-refractivity contribution in [3.05, 3.63) is 23.8 Å². The molecule has 0 radical (unpaired) electrons. The molecular formula is C19H22N2O6. The molecule has 3 aliphatic rings. The first-order valence-electron chi connectivity index (χ1n) is 9.11. The lowest BCUT2D eigenvalue weighted by Gasteiger charge is -2.45. The Balaban J connectivity index is 1.50. The van der Waals surface area contributed by atoms with E-state index in [1.54, 1.807) is 35.0 Å². The Bertz CT molecular complexity index is 799. The molecule has 1 aromatic carbocycles. The van der Waals surface area contributed by atoms with Crippen molar-refractivity contribution in [2.24, 2.45) is 5.92 Å². The maximum absolute atomic E-state index is 12.9. The number of carboxylic acid groups (broad SMARTS) is 1. The van der Waals surface area contributed by atoms with E-state index in [1.165, 1.54) is 0 Å². The van der Waals surface area contributed by atoms with Gasteiger partial charge in [0.05, 0.1) is 11.5 Å². The molecule has 0 bridgehead atoms. The molecular weight excluding hydrogens is 352 g/mol. The monoisotopic (exact) mass is 374 g/mol. The number of likely N-dealkylation sites (tertiary alicyclic amines) is 2. The summed E-state index contributed by atoms with van der Waals surface area (Å²) >= 11 is 0. The van der Waals surface area contributed by atoms with Gasteiger partial charge in [0.1, 0.15) is 13.2 Å². The van der Waals surface area contributed by atoms with Crippen LogP contribution < -0.4 is 9.47 Å². The summed E-state index contributed by atoms with van der Waals surface area (Å²) < 4.78 is 11.0. The van der Waals surface area contributed by atoms with Crippen LogP contribution in [0.2, 0.25) is 0 Å². The lowest BCUT2D eigenvalue weighted by Crippen LogP contribution is -2.56. The number of ether oxygens (including phenoxy) is 2. The van der Waals surface area contributed by atoms with Gasteiger partial charge < -0.3 is 24.4 Å². The van der Waals surface area contributed by atoms with Crippen molar-refractivity contribution >= 4 is 17.8 Å². The van der Waals surface area contributed by atoms with Crippen molar-refractivity contribution in [3.8, 4) is 11.5 Å². The Morgan fingerprint density at radius 1 is 1.15 bits per heavy atom. The van der Waals surface area contributed by atoms with E-state index in [9.17, 15) is 19.5 Å². The third kappa shape index (κ3) is 2.79.